The lowest BCUT2D eigenvalue weighted by molar-refractivity contribution is 0.129. The third-order valence-corrected chi connectivity index (χ3v) is 4.15. The van der Waals surface area contributed by atoms with E-state index in [2.05, 4.69) is 0 Å². The van der Waals surface area contributed by atoms with Gasteiger partial charge in [0.2, 0.25) is 0 Å². The van der Waals surface area contributed by atoms with Gasteiger partial charge in [0.25, 0.3) is 0 Å². The quantitative estimate of drug-likeness (QED) is 0.841. The zero-order valence-corrected chi connectivity index (χ0v) is 10.7. The highest BCUT2D eigenvalue weighted by atomic mass is 35.5. The summed E-state index contributed by atoms with van der Waals surface area (Å²) in [6.07, 6.45) is 2.86. The third-order valence-electron chi connectivity index (χ3n) is 2.66. The number of nitrogens with two attached hydrogens (primary N) is 1. The SMILES string of the molecule is Nc1cc(CSCC2CCCO2)ccc1Cl. The van der Waals surface area contributed by atoms with Gasteiger partial charge in [0.05, 0.1) is 16.8 Å². The minimum atomic E-state index is 0.453. The molecule has 2 N–H and O–H groups in total. The van der Waals surface area contributed by atoms with Gasteiger partial charge in [0, 0.05) is 18.1 Å². The first kappa shape index (κ1) is 12.1. The van der Waals surface area contributed by atoms with Crippen LogP contribution in [0.2, 0.25) is 5.02 Å². The third kappa shape index (κ3) is 3.30. The molecule has 1 saturated heterocycles. The Balaban J connectivity index is 1.78. The molecule has 16 heavy (non-hydrogen) atoms. The summed E-state index contributed by atoms with van der Waals surface area (Å²) in [5, 5.41) is 0.632. The Morgan fingerprint density at radius 2 is 2.38 bits per heavy atom. The number of thioether (sulfide) groups is 1. The topological polar surface area (TPSA) is 35.2 Å². The molecule has 88 valence electrons. The van der Waals surface area contributed by atoms with Gasteiger partial charge in [-0.05, 0) is 30.5 Å². The van der Waals surface area contributed by atoms with Crippen molar-refractivity contribution in [3.63, 3.8) is 0 Å². The molecule has 1 heterocycles. The maximum atomic E-state index is 5.87. The molecule has 0 bridgehead atoms. The van der Waals surface area contributed by atoms with Gasteiger partial charge in [-0.1, -0.05) is 17.7 Å². The molecule has 1 aliphatic rings. The van der Waals surface area contributed by atoms with Crippen molar-refractivity contribution in [3.05, 3.63) is 28.8 Å². The molecule has 0 saturated carbocycles. The van der Waals surface area contributed by atoms with Crippen molar-refractivity contribution >= 4 is 29.1 Å². The van der Waals surface area contributed by atoms with Gasteiger partial charge in [-0.2, -0.15) is 11.8 Å². The zero-order chi connectivity index (χ0) is 11.4. The summed E-state index contributed by atoms with van der Waals surface area (Å²) in [4.78, 5) is 0. The fraction of sp³-hybridized carbons (Fsp3) is 0.500. The Bertz CT molecular complexity index is 353. The normalized spacial score (nSPS) is 20.2. The predicted octanol–water partition coefficient (Wildman–Crippen LogP) is 3.33. The summed E-state index contributed by atoms with van der Waals surface area (Å²) in [6.45, 7) is 0.930. The van der Waals surface area contributed by atoms with Gasteiger partial charge >= 0.3 is 0 Å². The van der Waals surface area contributed by atoms with E-state index in [1.807, 2.05) is 30.0 Å². The Morgan fingerprint density at radius 1 is 1.50 bits per heavy atom. The van der Waals surface area contributed by atoms with Crippen LogP contribution in [0.25, 0.3) is 0 Å². The first-order valence-electron chi connectivity index (χ1n) is 5.49. The van der Waals surface area contributed by atoms with Crippen LogP contribution in [0.3, 0.4) is 0 Å². The molecule has 0 aromatic heterocycles. The van der Waals surface area contributed by atoms with E-state index in [9.17, 15) is 0 Å². The number of benzene rings is 1. The van der Waals surface area contributed by atoms with Gasteiger partial charge < -0.3 is 10.5 Å². The molecule has 1 aromatic carbocycles. The Morgan fingerprint density at radius 3 is 3.06 bits per heavy atom. The Hall–Kier alpha value is -0.380. The number of anilines is 1. The molecule has 0 amide bonds. The van der Waals surface area contributed by atoms with Crippen LogP contribution in [0.5, 0.6) is 0 Å². The molecule has 2 nitrogen and oxygen atoms in total. The number of nitrogen functional groups attached to an aromatic ring is 1. The number of hydrogen-bond donors (Lipinski definition) is 1. The monoisotopic (exact) mass is 257 g/mol. The molecule has 0 radical (unpaired) electrons. The van der Waals surface area contributed by atoms with Crippen molar-refractivity contribution < 1.29 is 4.74 Å². The minimum Gasteiger partial charge on any atom is -0.398 e. The minimum absolute atomic E-state index is 0.453. The van der Waals surface area contributed by atoms with Crippen LogP contribution in [-0.2, 0) is 10.5 Å². The van der Waals surface area contributed by atoms with Gasteiger partial charge in [-0.15, -0.1) is 0 Å². The van der Waals surface area contributed by atoms with Crippen molar-refractivity contribution in [2.75, 3.05) is 18.1 Å². The maximum absolute atomic E-state index is 5.87. The predicted molar refractivity (Wildman–Crippen MR) is 71.0 cm³/mol. The highest BCUT2D eigenvalue weighted by molar-refractivity contribution is 7.98. The van der Waals surface area contributed by atoms with Crippen LogP contribution in [0.4, 0.5) is 5.69 Å². The maximum Gasteiger partial charge on any atom is 0.0666 e. The van der Waals surface area contributed by atoms with Crippen molar-refractivity contribution in [3.8, 4) is 0 Å². The lowest BCUT2D eigenvalue weighted by atomic mass is 10.2. The lowest BCUT2D eigenvalue weighted by Gasteiger charge is -2.09. The molecule has 1 fully saturated rings. The summed E-state index contributed by atoms with van der Waals surface area (Å²) < 4.78 is 5.57. The Kier molecular flexibility index (Phi) is 4.38. The van der Waals surface area contributed by atoms with E-state index in [-0.39, 0.29) is 0 Å². The van der Waals surface area contributed by atoms with Crippen LogP contribution in [-0.4, -0.2) is 18.5 Å². The molecule has 4 heteroatoms. The lowest BCUT2D eigenvalue weighted by Crippen LogP contribution is -2.07. The smallest absolute Gasteiger partial charge is 0.0666 e. The highest BCUT2D eigenvalue weighted by Gasteiger charge is 2.14. The fourth-order valence-electron chi connectivity index (χ4n) is 1.77. The molecule has 0 aliphatic carbocycles. The number of ether oxygens (including phenoxy) is 1. The van der Waals surface area contributed by atoms with E-state index in [0.29, 0.717) is 16.8 Å². The van der Waals surface area contributed by atoms with Crippen molar-refractivity contribution in [2.45, 2.75) is 24.7 Å². The molecular weight excluding hydrogens is 242 g/mol. The van der Waals surface area contributed by atoms with Gasteiger partial charge in [0.15, 0.2) is 0 Å². The largest absolute Gasteiger partial charge is 0.398 e. The summed E-state index contributed by atoms with van der Waals surface area (Å²) in [7, 11) is 0. The van der Waals surface area contributed by atoms with Crippen LogP contribution >= 0.6 is 23.4 Å². The average molecular weight is 258 g/mol. The second-order valence-electron chi connectivity index (χ2n) is 4.01. The van der Waals surface area contributed by atoms with E-state index in [0.717, 1.165) is 18.1 Å². The molecule has 1 aromatic rings. The van der Waals surface area contributed by atoms with Crippen LogP contribution in [0.1, 0.15) is 18.4 Å². The van der Waals surface area contributed by atoms with Gasteiger partial charge in [0.1, 0.15) is 0 Å². The number of rotatable bonds is 4. The fourth-order valence-corrected chi connectivity index (χ4v) is 2.94. The average Bonchev–Trinajstić information content (AvgIpc) is 2.76. The van der Waals surface area contributed by atoms with Gasteiger partial charge in [-0.3, -0.25) is 0 Å². The molecule has 2 rings (SSSR count). The van der Waals surface area contributed by atoms with E-state index in [1.54, 1.807) is 0 Å². The zero-order valence-electron chi connectivity index (χ0n) is 9.12. The molecule has 1 aliphatic heterocycles. The van der Waals surface area contributed by atoms with Crippen LogP contribution in [0.15, 0.2) is 18.2 Å². The summed E-state index contributed by atoms with van der Waals surface area (Å²) in [5.74, 6) is 2.05. The number of halogens is 1. The van der Waals surface area contributed by atoms with Crippen LogP contribution < -0.4 is 5.73 Å². The summed E-state index contributed by atoms with van der Waals surface area (Å²) >= 11 is 7.76. The molecule has 1 atom stereocenters. The van der Waals surface area contributed by atoms with Crippen molar-refractivity contribution in [2.24, 2.45) is 0 Å². The Labute approximate surface area is 105 Å². The van der Waals surface area contributed by atoms with E-state index < -0.39 is 0 Å². The van der Waals surface area contributed by atoms with Gasteiger partial charge in [-0.25, -0.2) is 0 Å². The summed E-state index contributed by atoms with van der Waals surface area (Å²) in [6, 6.07) is 5.84. The molecular formula is C12H16ClNOS. The molecule has 0 spiro atoms. The first-order chi connectivity index (χ1) is 7.75. The molecule has 1 unspecified atom stereocenters. The second-order valence-corrected chi connectivity index (χ2v) is 5.44. The van der Waals surface area contributed by atoms with E-state index in [4.69, 9.17) is 22.1 Å². The first-order valence-corrected chi connectivity index (χ1v) is 7.02. The van der Waals surface area contributed by atoms with Crippen molar-refractivity contribution in [1.82, 2.24) is 0 Å². The standard InChI is InChI=1S/C12H16ClNOS/c13-11-4-3-9(6-12(11)14)7-16-8-10-2-1-5-15-10/h3-4,6,10H,1-2,5,7-8,14H2. The highest BCUT2D eigenvalue weighted by Crippen LogP contribution is 2.24. The second kappa shape index (κ2) is 5.80. The summed E-state index contributed by atoms with van der Waals surface area (Å²) in [5.41, 5.74) is 7.64. The van der Waals surface area contributed by atoms with E-state index in [1.165, 1.54) is 18.4 Å². The van der Waals surface area contributed by atoms with Crippen molar-refractivity contribution in [1.29, 1.82) is 0 Å². The van der Waals surface area contributed by atoms with E-state index >= 15 is 0 Å². The number of hydrogen-bond acceptors (Lipinski definition) is 3. The van der Waals surface area contributed by atoms with Crippen LogP contribution in [0, 0.1) is 0 Å².